The normalized spacial score (nSPS) is 10.6. The highest BCUT2D eigenvalue weighted by atomic mass is 16.5. The summed E-state index contributed by atoms with van der Waals surface area (Å²) < 4.78 is 9.82. The van der Waals surface area contributed by atoms with E-state index in [1.165, 1.54) is 20.2 Å². The van der Waals surface area contributed by atoms with Crippen molar-refractivity contribution in [1.82, 2.24) is 5.32 Å². The summed E-state index contributed by atoms with van der Waals surface area (Å²) in [5.41, 5.74) is 0.520. The van der Waals surface area contributed by atoms with E-state index in [0.29, 0.717) is 17.2 Å². The zero-order valence-electron chi connectivity index (χ0n) is 11.0. The van der Waals surface area contributed by atoms with Gasteiger partial charge in [0.15, 0.2) is 0 Å². The second-order valence-electron chi connectivity index (χ2n) is 3.62. The molecule has 2 N–H and O–H groups in total. The Balaban J connectivity index is 2.72. The molecule has 0 aliphatic carbocycles. The van der Waals surface area contributed by atoms with E-state index < -0.39 is 6.09 Å². The zero-order valence-corrected chi connectivity index (χ0v) is 11.0. The van der Waals surface area contributed by atoms with Crippen LogP contribution in [0.4, 0.5) is 10.5 Å². The van der Waals surface area contributed by atoms with Crippen LogP contribution >= 0.6 is 0 Å². The third kappa shape index (κ3) is 5.12. The number of benzene rings is 1. The summed E-state index contributed by atoms with van der Waals surface area (Å²) in [6.45, 7) is 1.67. The molecule has 1 aromatic carbocycles. The molecule has 1 rings (SSSR count). The number of anilines is 1. The number of hydrogen-bond acceptors (Lipinski definition) is 4. The number of amides is 2. The van der Waals surface area contributed by atoms with Gasteiger partial charge in [-0.25, -0.2) is 4.79 Å². The van der Waals surface area contributed by atoms with Crippen molar-refractivity contribution in [2.45, 2.75) is 6.92 Å². The molecule has 0 heterocycles. The van der Waals surface area contributed by atoms with Gasteiger partial charge in [0.05, 0.1) is 12.9 Å². The maximum atomic E-state index is 11.6. The van der Waals surface area contributed by atoms with Gasteiger partial charge in [-0.05, 0) is 19.1 Å². The van der Waals surface area contributed by atoms with Crippen molar-refractivity contribution < 1.29 is 19.1 Å². The number of ether oxygens (including phenoxy) is 2. The van der Waals surface area contributed by atoms with Gasteiger partial charge < -0.3 is 20.1 Å². The summed E-state index contributed by atoms with van der Waals surface area (Å²) >= 11 is 0. The first kappa shape index (κ1) is 14.6. The number of carbonyl (C=O) groups is 2. The molecule has 0 aliphatic heterocycles. The second-order valence-corrected chi connectivity index (χ2v) is 3.62. The lowest BCUT2D eigenvalue weighted by Crippen LogP contribution is -2.22. The Bertz CT molecular complexity index is 497. The van der Waals surface area contributed by atoms with Gasteiger partial charge in [0, 0.05) is 24.9 Å². The molecule has 0 saturated carbocycles. The van der Waals surface area contributed by atoms with Crippen LogP contribution in [0.1, 0.15) is 6.92 Å². The van der Waals surface area contributed by atoms with E-state index in [2.05, 4.69) is 10.6 Å². The third-order valence-corrected chi connectivity index (χ3v) is 2.17. The summed E-state index contributed by atoms with van der Waals surface area (Å²) in [6.07, 6.45) is 0.755. The van der Waals surface area contributed by atoms with E-state index in [4.69, 9.17) is 9.47 Å². The summed E-state index contributed by atoms with van der Waals surface area (Å²) in [4.78, 5) is 22.6. The van der Waals surface area contributed by atoms with Gasteiger partial charge in [0.2, 0.25) is 0 Å². The lowest BCUT2D eigenvalue weighted by Gasteiger charge is -2.06. The number of rotatable bonds is 4. The van der Waals surface area contributed by atoms with Crippen molar-refractivity contribution >= 4 is 17.7 Å². The molecule has 19 heavy (non-hydrogen) atoms. The molecule has 1 aromatic rings. The third-order valence-electron chi connectivity index (χ3n) is 2.17. The van der Waals surface area contributed by atoms with Crippen molar-refractivity contribution in [1.29, 1.82) is 0 Å². The Morgan fingerprint density at radius 2 is 2.05 bits per heavy atom. The fourth-order valence-electron chi connectivity index (χ4n) is 1.22. The van der Waals surface area contributed by atoms with Crippen molar-refractivity contribution in [3.8, 4) is 5.75 Å². The van der Waals surface area contributed by atoms with E-state index in [-0.39, 0.29) is 5.91 Å². The number of nitrogens with one attached hydrogen (secondary N) is 2. The predicted octanol–water partition coefficient (Wildman–Crippen LogP) is 1.89. The standard InChI is InChI=1S/C13H16N2O4/c1-9(18-3)7-12(16)15-10-5-4-6-11(8-10)19-13(17)14-2/h4-8H,1-3H3,(H,14,17)(H,15,16). The predicted molar refractivity (Wildman–Crippen MR) is 70.9 cm³/mol. The molecular weight excluding hydrogens is 248 g/mol. The van der Waals surface area contributed by atoms with Crippen molar-refractivity contribution in [3.05, 3.63) is 36.1 Å². The second kappa shape index (κ2) is 7.05. The topological polar surface area (TPSA) is 76.7 Å². The van der Waals surface area contributed by atoms with Crippen molar-refractivity contribution in [2.24, 2.45) is 0 Å². The molecule has 0 aromatic heterocycles. The number of methoxy groups -OCH3 is 1. The van der Waals surface area contributed by atoms with E-state index in [1.54, 1.807) is 31.2 Å². The van der Waals surface area contributed by atoms with Gasteiger partial charge in [-0.2, -0.15) is 0 Å². The number of hydrogen-bond donors (Lipinski definition) is 2. The molecule has 0 bridgehead atoms. The minimum atomic E-state index is -0.571. The van der Waals surface area contributed by atoms with E-state index >= 15 is 0 Å². The average Bonchev–Trinajstić information content (AvgIpc) is 2.38. The summed E-state index contributed by atoms with van der Waals surface area (Å²) in [5.74, 6) is 0.510. The van der Waals surface area contributed by atoms with Crippen LogP contribution in [0.3, 0.4) is 0 Å². The number of allylic oxidation sites excluding steroid dienone is 1. The first-order valence-electron chi connectivity index (χ1n) is 5.58. The van der Waals surface area contributed by atoms with Crippen LogP contribution in [0.25, 0.3) is 0 Å². The molecule has 0 aliphatic rings. The van der Waals surface area contributed by atoms with Crippen LogP contribution in [0.2, 0.25) is 0 Å². The molecule has 0 unspecified atom stereocenters. The Labute approximate surface area is 111 Å². The summed E-state index contributed by atoms with van der Waals surface area (Å²) in [6, 6.07) is 6.51. The minimum absolute atomic E-state index is 0.323. The number of carbonyl (C=O) groups excluding carboxylic acids is 2. The molecule has 2 amide bonds. The Hall–Kier alpha value is -2.50. The summed E-state index contributed by atoms with van der Waals surface area (Å²) in [5, 5.41) is 4.96. The van der Waals surface area contributed by atoms with Crippen LogP contribution in [0.15, 0.2) is 36.1 Å². The molecule has 0 radical (unpaired) electrons. The molecule has 0 fully saturated rings. The quantitative estimate of drug-likeness (QED) is 0.643. The highest BCUT2D eigenvalue weighted by Gasteiger charge is 2.04. The first-order chi connectivity index (χ1) is 9.05. The van der Waals surface area contributed by atoms with Crippen LogP contribution in [-0.4, -0.2) is 26.2 Å². The molecular formula is C13H16N2O4. The van der Waals surface area contributed by atoms with Gasteiger partial charge in [0.25, 0.3) is 5.91 Å². The van der Waals surface area contributed by atoms with Gasteiger partial charge >= 0.3 is 6.09 Å². The maximum absolute atomic E-state index is 11.6. The van der Waals surface area contributed by atoms with Gasteiger partial charge in [-0.15, -0.1) is 0 Å². The van der Waals surface area contributed by atoms with Crippen LogP contribution in [-0.2, 0) is 9.53 Å². The van der Waals surface area contributed by atoms with Gasteiger partial charge in [0.1, 0.15) is 5.75 Å². The minimum Gasteiger partial charge on any atom is -0.501 e. The SMILES string of the molecule is CNC(=O)Oc1cccc(NC(=O)C=C(C)OC)c1. The molecule has 0 saturated heterocycles. The molecule has 6 nitrogen and oxygen atoms in total. The van der Waals surface area contributed by atoms with Gasteiger partial charge in [-0.3, -0.25) is 4.79 Å². The lowest BCUT2D eigenvalue weighted by molar-refractivity contribution is -0.112. The smallest absolute Gasteiger partial charge is 0.412 e. The van der Waals surface area contributed by atoms with Crippen molar-refractivity contribution in [2.75, 3.05) is 19.5 Å². The van der Waals surface area contributed by atoms with Crippen LogP contribution < -0.4 is 15.4 Å². The Kier molecular flexibility index (Phi) is 5.40. The van der Waals surface area contributed by atoms with E-state index in [1.807, 2.05) is 0 Å². The van der Waals surface area contributed by atoms with Crippen LogP contribution in [0.5, 0.6) is 5.75 Å². The fraction of sp³-hybridized carbons (Fsp3) is 0.231. The van der Waals surface area contributed by atoms with E-state index in [0.717, 1.165) is 0 Å². The average molecular weight is 264 g/mol. The highest BCUT2D eigenvalue weighted by Crippen LogP contribution is 2.17. The monoisotopic (exact) mass is 264 g/mol. The van der Waals surface area contributed by atoms with E-state index in [9.17, 15) is 9.59 Å². The molecule has 0 spiro atoms. The first-order valence-corrected chi connectivity index (χ1v) is 5.58. The van der Waals surface area contributed by atoms with Gasteiger partial charge in [-0.1, -0.05) is 6.07 Å². The molecule has 6 heteroatoms. The Morgan fingerprint density at radius 1 is 1.32 bits per heavy atom. The largest absolute Gasteiger partial charge is 0.501 e. The lowest BCUT2D eigenvalue weighted by atomic mass is 10.3. The molecule has 102 valence electrons. The molecule has 0 atom stereocenters. The maximum Gasteiger partial charge on any atom is 0.412 e. The van der Waals surface area contributed by atoms with Crippen LogP contribution in [0, 0.1) is 0 Å². The Morgan fingerprint density at radius 3 is 2.68 bits per heavy atom. The zero-order chi connectivity index (χ0) is 14.3. The van der Waals surface area contributed by atoms with Crippen molar-refractivity contribution in [3.63, 3.8) is 0 Å². The summed E-state index contributed by atoms with van der Waals surface area (Å²) in [7, 11) is 2.95. The fourth-order valence-corrected chi connectivity index (χ4v) is 1.22. The highest BCUT2D eigenvalue weighted by molar-refractivity contribution is 5.99.